The van der Waals surface area contributed by atoms with Crippen molar-refractivity contribution in [1.82, 2.24) is 10.3 Å². The Morgan fingerprint density at radius 2 is 2.17 bits per heavy atom. The van der Waals surface area contributed by atoms with Gasteiger partial charge in [-0.05, 0) is 66.2 Å². The summed E-state index contributed by atoms with van der Waals surface area (Å²) >= 11 is 3.43. The molecule has 18 heavy (non-hydrogen) atoms. The van der Waals surface area contributed by atoms with E-state index in [1.807, 2.05) is 6.20 Å². The highest BCUT2D eigenvalue weighted by molar-refractivity contribution is 9.10. The standard InChI is InChI=1S/C15H23BrN2/c1-2-17-15(12-5-3-4-6-12)10-9-14-8-7-13(16)11-18-14/h7-8,11-12,15,17H,2-6,9-10H2,1H3. The Morgan fingerprint density at radius 3 is 2.78 bits per heavy atom. The molecule has 0 amide bonds. The molecule has 0 bridgehead atoms. The molecule has 0 spiro atoms. The molecule has 2 nitrogen and oxygen atoms in total. The van der Waals surface area contributed by atoms with Gasteiger partial charge in [0.25, 0.3) is 0 Å². The van der Waals surface area contributed by atoms with Gasteiger partial charge in [-0.3, -0.25) is 4.98 Å². The van der Waals surface area contributed by atoms with E-state index < -0.39 is 0 Å². The van der Waals surface area contributed by atoms with Gasteiger partial charge in [0.2, 0.25) is 0 Å². The van der Waals surface area contributed by atoms with Gasteiger partial charge < -0.3 is 5.32 Å². The molecule has 0 saturated heterocycles. The van der Waals surface area contributed by atoms with E-state index in [2.05, 4.69) is 45.3 Å². The molecule has 100 valence electrons. The summed E-state index contributed by atoms with van der Waals surface area (Å²) < 4.78 is 1.06. The van der Waals surface area contributed by atoms with E-state index in [9.17, 15) is 0 Å². The fourth-order valence-electron chi connectivity index (χ4n) is 2.98. The second-order valence-corrected chi connectivity index (χ2v) is 6.13. The van der Waals surface area contributed by atoms with E-state index in [1.165, 1.54) is 37.8 Å². The van der Waals surface area contributed by atoms with Gasteiger partial charge in [0.05, 0.1) is 0 Å². The van der Waals surface area contributed by atoms with Crippen molar-refractivity contribution >= 4 is 15.9 Å². The highest BCUT2D eigenvalue weighted by Crippen LogP contribution is 2.29. The molecule has 1 fully saturated rings. The summed E-state index contributed by atoms with van der Waals surface area (Å²) in [5, 5.41) is 3.67. The topological polar surface area (TPSA) is 24.9 Å². The lowest BCUT2D eigenvalue weighted by Crippen LogP contribution is -2.35. The number of aryl methyl sites for hydroxylation is 1. The Kier molecular flexibility index (Phi) is 5.64. The number of pyridine rings is 1. The first kappa shape index (κ1) is 14.0. The van der Waals surface area contributed by atoms with Crippen molar-refractivity contribution in [2.45, 2.75) is 51.5 Å². The van der Waals surface area contributed by atoms with Crippen LogP contribution in [0, 0.1) is 5.92 Å². The molecule has 1 unspecified atom stereocenters. The lowest BCUT2D eigenvalue weighted by molar-refractivity contribution is 0.345. The number of nitrogens with zero attached hydrogens (tertiary/aromatic N) is 1. The second kappa shape index (κ2) is 7.25. The Bertz CT molecular complexity index is 344. The van der Waals surface area contributed by atoms with Crippen LogP contribution in [0.1, 0.15) is 44.7 Å². The summed E-state index contributed by atoms with van der Waals surface area (Å²) in [6.07, 6.45) is 9.85. The minimum Gasteiger partial charge on any atom is -0.314 e. The Morgan fingerprint density at radius 1 is 1.39 bits per heavy atom. The maximum Gasteiger partial charge on any atom is 0.0413 e. The van der Waals surface area contributed by atoms with Crippen molar-refractivity contribution in [2.75, 3.05) is 6.54 Å². The zero-order valence-corrected chi connectivity index (χ0v) is 12.7. The first-order valence-corrected chi connectivity index (χ1v) is 7.92. The number of hydrogen-bond acceptors (Lipinski definition) is 2. The van der Waals surface area contributed by atoms with Gasteiger partial charge in [-0.25, -0.2) is 0 Å². The summed E-state index contributed by atoms with van der Waals surface area (Å²) in [6, 6.07) is 4.89. The second-order valence-electron chi connectivity index (χ2n) is 5.22. The first-order chi connectivity index (χ1) is 8.79. The van der Waals surface area contributed by atoms with Gasteiger partial charge in [0.1, 0.15) is 0 Å². The Labute approximate surface area is 119 Å². The predicted octanol–water partition coefficient (Wildman–Crippen LogP) is 3.95. The van der Waals surface area contributed by atoms with Crippen LogP contribution in [0.5, 0.6) is 0 Å². The third-order valence-corrected chi connectivity index (χ3v) is 4.40. The lowest BCUT2D eigenvalue weighted by atomic mass is 9.93. The molecular weight excluding hydrogens is 288 g/mol. The molecule has 1 aliphatic rings. The molecule has 1 N–H and O–H groups in total. The van der Waals surface area contributed by atoms with Gasteiger partial charge in [-0.2, -0.15) is 0 Å². The van der Waals surface area contributed by atoms with Gasteiger partial charge in [-0.15, -0.1) is 0 Å². The zero-order valence-electron chi connectivity index (χ0n) is 11.2. The van der Waals surface area contributed by atoms with Crippen LogP contribution in [0.25, 0.3) is 0 Å². The normalized spacial score (nSPS) is 18.1. The van der Waals surface area contributed by atoms with E-state index in [0.29, 0.717) is 6.04 Å². The molecular formula is C15H23BrN2. The van der Waals surface area contributed by atoms with Crippen LogP contribution >= 0.6 is 15.9 Å². The minimum atomic E-state index is 0.683. The fraction of sp³-hybridized carbons (Fsp3) is 0.667. The quantitative estimate of drug-likeness (QED) is 0.860. The summed E-state index contributed by atoms with van der Waals surface area (Å²) in [5.41, 5.74) is 1.21. The zero-order chi connectivity index (χ0) is 12.8. The van der Waals surface area contributed by atoms with Crippen molar-refractivity contribution in [1.29, 1.82) is 0 Å². The van der Waals surface area contributed by atoms with Gasteiger partial charge in [0, 0.05) is 22.4 Å². The molecule has 1 heterocycles. The van der Waals surface area contributed by atoms with E-state index in [-0.39, 0.29) is 0 Å². The SMILES string of the molecule is CCNC(CCc1ccc(Br)cn1)C1CCCC1. The largest absolute Gasteiger partial charge is 0.314 e. The average Bonchev–Trinajstić information content (AvgIpc) is 2.90. The van der Waals surface area contributed by atoms with Crippen LogP contribution in [0.15, 0.2) is 22.8 Å². The minimum absolute atomic E-state index is 0.683. The monoisotopic (exact) mass is 310 g/mol. The molecule has 0 aliphatic heterocycles. The maximum atomic E-state index is 4.46. The summed E-state index contributed by atoms with van der Waals surface area (Å²) in [7, 11) is 0. The van der Waals surface area contributed by atoms with Crippen molar-refractivity contribution in [3.8, 4) is 0 Å². The third kappa shape index (κ3) is 4.06. The summed E-state index contributed by atoms with van der Waals surface area (Å²) in [5.74, 6) is 0.889. The summed E-state index contributed by atoms with van der Waals surface area (Å²) in [4.78, 5) is 4.46. The number of nitrogens with one attached hydrogen (secondary N) is 1. The molecule has 1 aromatic heterocycles. The molecule has 1 aromatic rings. The molecule has 2 rings (SSSR count). The van der Waals surface area contributed by atoms with Gasteiger partial charge in [0.15, 0.2) is 0 Å². The van der Waals surface area contributed by atoms with Crippen LogP contribution in [0.2, 0.25) is 0 Å². The fourth-order valence-corrected chi connectivity index (χ4v) is 3.22. The van der Waals surface area contributed by atoms with E-state index in [0.717, 1.165) is 23.4 Å². The number of rotatable bonds is 6. The Hall–Kier alpha value is -0.410. The van der Waals surface area contributed by atoms with Crippen LogP contribution in [0.3, 0.4) is 0 Å². The van der Waals surface area contributed by atoms with Crippen LogP contribution in [-0.4, -0.2) is 17.6 Å². The summed E-state index contributed by atoms with van der Waals surface area (Å²) in [6.45, 7) is 3.29. The Balaban J connectivity index is 1.86. The average molecular weight is 311 g/mol. The van der Waals surface area contributed by atoms with Crippen molar-refractivity contribution in [3.63, 3.8) is 0 Å². The van der Waals surface area contributed by atoms with Crippen LogP contribution < -0.4 is 5.32 Å². The van der Waals surface area contributed by atoms with Crippen LogP contribution in [0.4, 0.5) is 0 Å². The number of halogens is 1. The molecule has 3 heteroatoms. The van der Waals surface area contributed by atoms with E-state index in [4.69, 9.17) is 0 Å². The first-order valence-electron chi connectivity index (χ1n) is 7.13. The van der Waals surface area contributed by atoms with Crippen molar-refractivity contribution in [2.24, 2.45) is 5.92 Å². The van der Waals surface area contributed by atoms with Crippen LogP contribution in [-0.2, 0) is 6.42 Å². The lowest BCUT2D eigenvalue weighted by Gasteiger charge is -2.24. The van der Waals surface area contributed by atoms with Gasteiger partial charge >= 0.3 is 0 Å². The highest BCUT2D eigenvalue weighted by atomic mass is 79.9. The molecule has 1 atom stereocenters. The molecule has 1 aliphatic carbocycles. The maximum absolute atomic E-state index is 4.46. The van der Waals surface area contributed by atoms with Crippen molar-refractivity contribution in [3.05, 3.63) is 28.5 Å². The third-order valence-electron chi connectivity index (χ3n) is 3.94. The van der Waals surface area contributed by atoms with Gasteiger partial charge in [-0.1, -0.05) is 19.8 Å². The van der Waals surface area contributed by atoms with E-state index in [1.54, 1.807) is 0 Å². The molecule has 0 radical (unpaired) electrons. The highest BCUT2D eigenvalue weighted by Gasteiger charge is 2.23. The molecule has 1 saturated carbocycles. The number of hydrogen-bond donors (Lipinski definition) is 1. The van der Waals surface area contributed by atoms with E-state index >= 15 is 0 Å². The predicted molar refractivity (Wildman–Crippen MR) is 79.7 cm³/mol. The van der Waals surface area contributed by atoms with Crippen molar-refractivity contribution < 1.29 is 0 Å². The number of aromatic nitrogens is 1. The smallest absolute Gasteiger partial charge is 0.0413 e. The molecule has 0 aromatic carbocycles.